The van der Waals surface area contributed by atoms with Crippen molar-refractivity contribution in [1.29, 1.82) is 0 Å². The van der Waals surface area contributed by atoms with E-state index in [0.717, 1.165) is 31.0 Å². The number of nitrogens with zero attached hydrogens (tertiary/aromatic N) is 2. The van der Waals surface area contributed by atoms with Gasteiger partial charge in [-0.25, -0.2) is 4.98 Å². The van der Waals surface area contributed by atoms with Crippen LogP contribution in [0.1, 0.15) is 17.7 Å². The summed E-state index contributed by atoms with van der Waals surface area (Å²) in [4.78, 5) is 8.45. The van der Waals surface area contributed by atoms with Crippen LogP contribution >= 0.6 is 0 Å². The lowest BCUT2D eigenvalue weighted by atomic mass is 10.1. The van der Waals surface area contributed by atoms with Crippen LogP contribution in [0.4, 0.5) is 5.82 Å². The maximum absolute atomic E-state index is 5.59. The summed E-state index contributed by atoms with van der Waals surface area (Å²) in [5, 5.41) is 2.93. The standard InChI is InChI=1S/C15H19N3O/c1-16-15-11-17-14(10-18-15)12-19-9-5-8-13-6-3-2-4-7-13/h2-4,6-7,10-11H,5,8-9,12H2,1H3,(H,16,18). The Morgan fingerprint density at radius 3 is 2.63 bits per heavy atom. The van der Waals surface area contributed by atoms with E-state index in [1.54, 1.807) is 12.4 Å². The fourth-order valence-electron chi connectivity index (χ4n) is 1.76. The van der Waals surface area contributed by atoms with E-state index < -0.39 is 0 Å². The van der Waals surface area contributed by atoms with E-state index in [4.69, 9.17) is 4.74 Å². The number of hydrogen-bond acceptors (Lipinski definition) is 4. The van der Waals surface area contributed by atoms with Crippen LogP contribution in [0.3, 0.4) is 0 Å². The Balaban J connectivity index is 1.63. The monoisotopic (exact) mass is 257 g/mol. The van der Waals surface area contributed by atoms with Crippen molar-refractivity contribution < 1.29 is 4.74 Å². The molecule has 0 aliphatic heterocycles. The van der Waals surface area contributed by atoms with Crippen molar-refractivity contribution in [3.05, 3.63) is 54.0 Å². The highest BCUT2D eigenvalue weighted by Gasteiger charge is 1.97. The minimum atomic E-state index is 0.520. The molecular formula is C15H19N3O. The number of rotatable bonds is 7. The molecule has 0 saturated carbocycles. The first kappa shape index (κ1) is 13.5. The molecule has 0 radical (unpaired) electrons. The van der Waals surface area contributed by atoms with Gasteiger partial charge in [-0.3, -0.25) is 4.98 Å². The fourth-order valence-corrected chi connectivity index (χ4v) is 1.76. The molecule has 2 rings (SSSR count). The second kappa shape index (κ2) is 7.48. The molecule has 1 aromatic carbocycles. The molecule has 0 atom stereocenters. The third kappa shape index (κ3) is 4.67. The third-order valence-electron chi connectivity index (χ3n) is 2.81. The highest BCUT2D eigenvalue weighted by atomic mass is 16.5. The van der Waals surface area contributed by atoms with Gasteiger partial charge in [-0.05, 0) is 18.4 Å². The molecule has 0 fully saturated rings. The lowest BCUT2D eigenvalue weighted by molar-refractivity contribution is 0.116. The van der Waals surface area contributed by atoms with E-state index in [-0.39, 0.29) is 0 Å². The molecular weight excluding hydrogens is 238 g/mol. The Bertz CT molecular complexity index is 471. The van der Waals surface area contributed by atoms with Crippen molar-refractivity contribution in [2.75, 3.05) is 19.0 Å². The number of aromatic nitrogens is 2. The zero-order chi connectivity index (χ0) is 13.3. The minimum absolute atomic E-state index is 0.520. The van der Waals surface area contributed by atoms with Crippen molar-refractivity contribution in [3.8, 4) is 0 Å². The molecule has 0 saturated heterocycles. The number of anilines is 1. The topological polar surface area (TPSA) is 47.0 Å². The molecule has 0 aliphatic rings. The van der Waals surface area contributed by atoms with Crippen LogP contribution in [-0.2, 0) is 17.8 Å². The van der Waals surface area contributed by atoms with Gasteiger partial charge in [-0.2, -0.15) is 0 Å². The molecule has 0 spiro atoms. The summed E-state index contributed by atoms with van der Waals surface area (Å²) in [6.07, 6.45) is 5.52. The van der Waals surface area contributed by atoms with E-state index in [0.29, 0.717) is 6.61 Å². The average molecular weight is 257 g/mol. The minimum Gasteiger partial charge on any atom is -0.375 e. The Hall–Kier alpha value is -1.94. The maximum Gasteiger partial charge on any atom is 0.144 e. The molecule has 0 aliphatic carbocycles. The largest absolute Gasteiger partial charge is 0.375 e. The van der Waals surface area contributed by atoms with Crippen LogP contribution in [0.2, 0.25) is 0 Å². The molecule has 100 valence electrons. The van der Waals surface area contributed by atoms with Crippen LogP contribution in [0.15, 0.2) is 42.7 Å². The molecule has 4 heteroatoms. The number of benzene rings is 1. The Labute approximate surface area is 113 Å². The highest BCUT2D eigenvalue weighted by molar-refractivity contribution is 5.29. The molecule has 0 amide bonds. The van der Waals surface area contributed by atoms with Crippen LogP contribution < -0.4 is 5.32 Å². The number of nitrogens with one attached hydrogen (secondary N) is 1. The molecule has 19 heavy (non-hydrogen) atoms. The van der Waals surface area contributed by atoms with Gasteiger partial charge in [0.2, 0.25) is 0 Å². The second-order valence-corrected chi connectivity index (χ2v) is 4.28. The van der Waals surface area contributed by atoms with Gasteiger partial charge in [-0.15, -0.1) is 0 Å². The summed E-state index contributed by atoms with van der Waals surface area (Å²) in [5.74, 6) is 0.771. The third-order valence-corrected chi connectivity index (χ3v) is 2.81. The fraction of sp³-hybridized carbons (Fsp3) is 0.333. The second-order valence-electron chi connectivity index (χ2n) is 4.28. The SMILES string of the molecule is CNc1cnc(COCCCc2ccccc2)cn1. The van der Waals surface area contributed by atoms with Crippen molar-refractivity contribution in [2.24, 2.45) is 0 Å². The van der Waals surface area contributed by atoms with Gasteiger partial charge in [0, 0.05) is 13.7 Å². The van der Waals surface area contributed by atoms with E-state index >= 15 is 0 Å². The summed E-state index contributed by atoms with van der Waals surface area (Å²) >= 11 is 0. The number of hydrogen-bond donors (Lipinski definition) is 1. The molecule has 1 heterocycles. The molecule has 1 aromatic heterocycles. The zero-order valence-electron chi connectivity index (χ0n) is 11.2. The summed E-state index contributed by atoms with van der Waals surface area (Å²) in [5.41, 5.74) is 2.21. The van der Waals surface area contributed by atoms with Gasteiger partial charge in [0.25, 0.3) is 0 Å². The Kier molecular flexibility index (Phi) is 5.31. The van der Waals surface area contributed by atoms with E-state index in [1.807, 2.05) is 13.1 Å². The number of aryl methyl sites for hydroxylation is 1. The predicted octanol–water partition coefficient (Wildman–Crippen LogP) is 2.67. The van der Waals surface area contributed by atoms with Crippen LogP contribution in [0.25, 0.3) is 0 Å². The first-order valence-electron chi connectivity index (χ1n) is 6.49. The summed E-state index contributed by atoms with van der Waals surface area (Å²) in [6.45, 7) is 1.26. The van der Waals surface area contributed by atoms with E-state index in [9.17, 15) is 0 Å². The first-order valence-corrected chi connectivity index (χ1v) is 6.49. The highest BCUT2D eigenvalue weighted by Crippen LogP contribution is 2.04. The molecule has 0 bridgehead atoms. The van der Waals surface area contributed by atoms with Crippen molar-refractivity contribution in [3.63, 3.8) is 0 Å². The molecule has 0 unspecified atom stereocenters. The number of ether oxygens (including phenoxy) is 1. The van der Waals surface area contributed by atoms with Gasteiger partial charge in [0.1, 0.15) is 5.82 Å². The lowest BCUT2D eigenvalue weighted by Crippen LogP contribution is -2.01. The quantitative estimate of drug-likeness (QED) is 0.775. The van der Waals surface area contributed by atoms with Gasteiger partial charge in [0.05, 0.1) is 24.7 Å². The van der Waals surface area contributed by atoms with Crippen molar-refractivity contribution in [2.45, 2.75) is 19.4 Å². The van der Waals surface area contributed by atoms with Gasteiger partial charge < -0.3 is 10.1 Å². The van der Waals surface area contributed by atoms with Crippen molar-refractivity contribution in [1.82, 2.24) is 9.97 Å². The summed E-state index contributed by atoms with van der Waals surface area (Å²) in [6, 6.07) is 10.4. The van der Waals surface area contributed by atoms with Crippen LogP contribution in [0.5, 0.6) is 0 Å². The Morgan fingerprint density at radius 1 is 1.11 bits per heavy atom. The summed E-state index contributed by atoms with van der Waals surface area (Å²) in [7, 11) is 1.82. The normalized spacial score (nSPS) is 10.4. The van der Waals surface area contributed by atoms with Crippen molar-refractivity contribution >= 4 is 5.82 Å². The van der Waals surface area contributed by atoms with Gasteiger partial charge >= 0.3 is 0 Å². The summed E-state index contributed by atoms with van der Waals surface area (Å²) < 4.78 is 5.59. The van der Waals surface area contributed by atoms with Gasteiger partial charge in [0.15, 0.2) is 0 Å². The Morgan fingerprint density at radius 2 is 1.95 bits per heavy atom. The molecule has 1 N–H and O–H groups in total. The van der Waals surface area contributed by atoms with Crippen LogP contribution in [-0.4, -0.2) is 23.6 Å². The van der Waals surface area contributed by atoms with Gasteiger partial charge in [-0.1, -0.05) is 30.3 Å². The zero-order valence-corrected chi connectivity index (χ0v) is 11.2. The smallest absolute Gasteiger partial charge is 0.144 e. The average Bonchev–Trinajstić information content (AvgIpc) is 2.49. The van der Waals surface area contributed by atoms with Crippen LogP contribution in [0, 0.1) is 0 Å². The maximum atomic E-state index is 5.59. The molecule has 4 nitrogen and oxygen atoms in total. The van der Waals surface area contributed by atoms with E-state index in [2.05, 4.69) is 39.6 Å². The first-order chi connectivity index (χ1) is 9.38. The van der Waals surface area contributed by atoms with E-state index in [1.165, 1.54) is 5.56 Å². The molecule has 2 aromatic rings. The lowest BCUT2D eigenvalue weighted by Gasteiger charge is -2.05. The predicted molar refractivity (Wildman–Crippen MR) is 76.0 cm³/mol.